The molecule has 2 aliphatic carbocycles. The predicted octanol–water partition coefficient (Wildman–Crippen LogP) is 3.41. The van der Waals surface area contributed by atoms with Crippen molar-refractivity contribution in [3.63, 3.8) is 0 Å². The van der Waals surface area contributed by atoms with Gasteiger partial charge >= 0.3 is 0 Å². The van der Waals surface area contributed by atoms with Crippen molar-refractivity contribution in [3.8, 4) is 0 Å². The predicted molar refractivity (Wildman–Crippen MR) is 89.3 cm³/mol. The van der Waals surface area contributed by atoms with Crippen molar-refractivity contribution in [2.24, 2.45) is 5.41 Å². The lowest BCUT2D eigenvalue weighted by Gasteiger charge is -2.42. The third-order valence-electron chi connectivity index (χ3n) is 5.88. The number of hydrogen-bond donors (Lipinski definition) is 0. The van der Waals surface area contributed by atoms with Crippen LogP contribution in [-0.4, -0.2) is 31.4 Å². The summed E-state index contributed by atoms with van der Waals surface area (Å²) in [4.78, 5) is 12.5. The molecule has 128 valence electrons. The van der Waals surface area contributed by atoms with E-state index < -0.39 is 5.79 Å². The molecule has 1 aromatic carbocycles. The van der Waals surface area contributed by atoms with E-state index in [4.69, 9.17) is 14.2 Å². The molecule has 3 aliphatic rings. The Kier molecular flexibility index (Phi) is 4.07. The first-order valence-corrected chi connectivity index (χ1v) is 8.80. The first-order chi connectivity index (χ1) is 11.6. The molecule has 1 saturated heterocycles. The van der Waals surface area contributed by atoms with E-state index >= 15 is 0 Å². The smallest absolute Gasteiger partial charge is 0.177 e. The van der Waals surface area contributed by atoms with E-state index in [9.17, 15) is 4.79 Å². The molecule has 0 bridgehead atoms. The average molecular weight is 328 g/mol. The zero-order valence-electron chi connectivity index (χ0n) is 14.2. The number of hydrogen-bond acceptors (Lipinski definition) is 4. The van der Waals surface area contributed by atoms with Crippen LogP contribution in [0.2, 0.25) is 0 Å². The fourth-order valence-electron chi connectivity index (χ4n) is 4.51. The maximum absolute atomic E-state index is 12.5. The molecule has 1 spiro atoms. The summed E-state index contributed by atoms with van der Waals surface area (Å²) < 4.78 is 17.9. The van der Waals surface area contributed by atoms with Crippen molar-refractivity contribution in [3.05, 3.63) is 47.0 Å². The molecule has 0 unspecified atom stereocenters. The summed E-state index contributed by atoms with van der Waals surface area (Å²) in [6.45, 7) is 4.41. The summed E-state index contributed by atoms with van der Waals surface area (Å²) in [5, 5.41) is 0. The van der Waals surface area contributed by atoms with Gasteiger partial charge in [0.25, 0.3) is 0 Å². The van der Waals surface area contributed by atoms with Crippen LogP contribution in [0.4, 0.5) is 0 Å². The largest absolute Gasteiger partial charge is 0.372 e. The topological polar surface area (TPSA) is 44.8 Å². The molecule has 1 aromatic rings. The molecule has 1 saturated carbocycles. The van der Waals surface area contributed by atoms with Crippen molar-refractivity contribution >= 4 is 5.78 Å². The van der Waals surface area contributed by atoms with Crippen LogP contribution in [0.3, 0.4) is 0 Å². The van der Waals surface area contributed by atoms with Gasteiger partial charge in [0, 0.05) is 23.8 Å². The maximum atomic E-state index is 12.5. The van der Waals surface area contributed by atoms with Crippen LogP contribution in [0.1, 0.15) is 38.2 Å². The van der Waals surface area contributed by atoms with Crippen LogP contribution in [0, 0.1) is 5.41 Å². The number of rotatable bonds is 4. The standard InChI is InChI=1S/C20H24O4/c1-19-9-8-18(21)16(14-22-13-15-5-3-2-4-6-15)17(19)7-10-20(19)23-11-12-24-20/h2-6H,7-14H2,1H3/t19-/m1/s1. The molecule has 1 atom stereocenters. The second kappa shape index (κ2) is 6.10. The molecule has 0 N–H and O–H groups in total. The van der Waals surface area contributed by atoms with E-state index in [1.54, 1.807) is 0 Å². The SMILES string of the molecule is C[C@@]12CCC(=O)C(COCc3ccccc3)=C1CCC21OCCO1. The Labute approximate surface area is 142 Å². The van der Waals surface area contributed by atoms with Crippen LogP contribution in [0.15, 0.2) is 41.5 Å². The molecular formula is C20H24O4. The van der Waals surface area contributed by atoms with Crippen LogP contribution in [0.5, 0.6) is 0 Å². The van der Waals surface area contributed by atoms with Crippen molar-refractivity contribution in [2.45, 2.75) is 45.0 Å². The number of ether oxygens (including phenoxy) is 3. The van der Waals surface area contributed by atoms with Gasteiger partial charge in [0.1, 0.15) is 0 Å². The second-order valence-electron chi connectivity index (χ2n) is 7.14. The van der Waals surface area contributed by atoms with Gasteiger partial charge in [0.15, 0.2) is 11.6 Å². The van der Waals surface area contributed by atoms with Gasteiger partial charge in [-0.25, -0.2) is 0 Å². The van der Waals surface area contributed by atoms with Gasteiger partial charge in [0.05, 0.1) is 26.4 Å². The van der Waals surface area contributed by atoms with E-state index in [0.29, 0.717) is 32.8 Å². The molecule has 4 rings (SSSR count). The lowest BCUT2D eigenvalue weighted by molar-refractivity contribution is -0.211. The van der Waals surface area contributed by atoms with Gasteiger partial charge in [-0.1, -0.05) is 37.3 Å². The summed E-state index contributed by atoms with van der Waals surface area (Å²) in [6.07, 6.45) is 3.07. The fourth-order valence-corrected chi connectivity index (χ4v) is 4.51. The molecule has 0 radical (unpaired) electrons. The summed E-state index contributed by atoms with van der Waals surface area (Å²) >= 11 is 0. The zero-order chi connectivity index (χ0) is 16.6. The first-order valence-electron chi connectivity index (χ1n) is 8.80. The summed E-state index contributed by atoms with van der Waals surface area (Å²) in [5.74, 6) is -0.293. The fraction of sp³-hybridized carbons (Fsp3) is 0.550. The molecular weight excluding hydrogens is 304 g/mol. The normalized spacial score (nSPS) is 28.6. The highest BCUT2D eigenvalue weighted by Gasteiger charge is 2.60. The second-order valence-corrected chi connectivity index (χ2v) is 7.14. The van der Waals surface area contributed by atoms with Crippen LogP contribution < -0.4 is 0 Å². The van der Waals surface area contributed by atoms with E-state index in [0.717, 1.165) is 30.4 Å². The molecule has 0 aromatic heterocycles. The molecule has 1 heterocycles. The van der Waals surface area contributed by atoms with Gasteiger partial charge in [-0.2, -0.15) is 0 Å². The van der Waals surface area contributed by atoms with Crippen molar-refractivity contribution in [1.82, 2.24) is 0 Å². The Morgan fingerprint density at radius 2 is 1.79 bits per heavy atom. The molecule has 4 heteroatoms. The van der Waals surface area contributed by atoms with Crippen LogP contribution in [-0.2, 0) is 25.6 Å². The summed E-state index contributed by atoms with van der Waals surface area (Å²) in [5.41, 5.74) is 2.99. The molecule has 2 fully saturated rings. The Balaban J connectivity index is 1.54. The summed E-state index contributed by atoms with van der Waals surface area (Å²) in [7, 11) is 0. The van der Waals surface area contributed by atoms with Crippen molar-refractivity contribution < 1.29 is 19.0 Å². The third kappa shape index (κ3) is 2.44. The number of Topliss-reactive ketones (excluding diaryl/α,β-unsaturated/α-hetero) is 1. The van der Waals surface area contributed by atoms with E-state index in [-0.39, 0.29) is 11.2 Å². The Morgan fingerprint density at radius 1 is 1.04 bits per heavy atom. The van der Waals surface area contributed by atoms with E-state index in [1.165, 1.54) is 5.57 Å². The highest BCUT2D eigenvalue weighted by molar-refractivity contribution is 5.97. The monoisotopic (exact) mass is 328 g/mol. The summed E-state index contributed by atoms with van der Waals surface area (Å²) in [6, 6.07) is 10.1. The minimum atomic E-state index is -0.520. The van der Waals surface area contributed by atoms with Crippen LogP contribution in [0.25, 0.3) is 0 Å². The van der Waals surface area contributed by atoms with Gasteiger partial charge in [-0.05, 0) is 24.0 Å². The van der Waals surface area contributed by atoms with Crippen molar-refractivity contribution in [1.29, 1.82) is 0 Å². The van der Waals surface area contributed by atoms with Gasteiger partial charge in [-0.15, -0.1) is 0 Å². The minimum Gasteiger partial charge on any atom is -0.372 e. The highest BCUT2D eigenvalue weighted by Crippen LogP contribution is 2.59. The number of ketones is 1. The maximum Gasteiger partial charge on any atom is 0.177 e. The van der Waals surface area contributed by atoms with Gasteiger partial charge in [0.2, 0.25) is 0 Å². The van der Waals surface area contributed by atoms with Gasteiger partial charge < -0.3 is 14.2 Å². The average Bonchev–Trinajstić information content (AvgIpc) is 3.19. The van der Waals surface area contributed by atoms with E-state index in [1.807, 2.05) is 30.3 Å². The lowest BCUT2D eigenvalue weighted by atomic mass is 9.70. The number of fused-ring (bicyclic) bond motifs is 2. The number of carbonyl (C=O) groups is 1. The molecule has 24 heavy (non-hydrogen) atoms. The number of carbonyl (C=O) groups excluding carboxylic acids is 1. The minimum absolute atomic E-state index is 0.192. The van der Waals surface area contributed by atoms with Crippen molar-refractivity contribution in [2.75, 3.05) is 19.8 Å². The Morgan fingerprint density at radius 3 is 2.54 bits per heavy atom. The molecule has 4 nitrogen and oxygen atoms in total. The first kappa shape index (κ1) is 16.0. The quantitative estimate of drug-likeness (QED) is 0.850. The van der Waals surface area contributed by atoms with E-state index in [2.05, 4.69) is 6.92 Å². The van der Waals surface area contributed by atoms with Gasteiger partial charge in [-0.3, -0.25) is 4.79 Å². The Hall–Kier alpha value is -1.49. The lowest BCUT2D eigenvalue weighted by Crippen LogP contribution is -2.46. The van der Waals surface area contributed by atoms with Crippen LogP contribution >= 0.6 is 0 Å². The Bertz CT molecular complexity index is 657. The molecule has 0 amide bonds. The number of benzene rings is 1. The zero-order valence-corrected chi connectivity index (χ0v) is 14.2. The highest BCUT2D eigenvalue weighted by atomic mass is 16.7. The third-order valence-corrected chi connectivity index (χ3v) is 5.88. The molecule has 1 aliphatic heterocycles.